The van der Waals surface area contributed by atoms with Crippen LogP contribution in [-0.4, -0.2) is 59.3 Å². The number of piperidine rings is 1. The predicted molar refractivity (Wildman–Crippen MR) is 124 cm³/mol. The summed E-state index contributed by atoms with van der Waals surface area (Å²) in [7, 11) is 0. The third kappa shape index (κ3) is 5.97. The summed E-state index contributed by atoms with van der Waals surface area (Å²) in [6, 6.07) is 4.36. The molecule has 2 aliphatic heterocycles. The van der Waals surface area contributed by atoms with E-state index in [2.05, 4.69) is 32.9 Å². The predicted octanol–water partition coefficient (Wildman–Crippen LogP) is 3.34. The van der Waals surface area contributed by atoms with E-state index in [1.807, 2.05) is 24.7 Å². The number of likely N-dealkylation sites (tertiary alicyclic amines) is 1. The van der Waals surface area contributed by atoms with E-state index in [0.717, 1.165) is 70.2 Å². The van der Waals surface area contributed by atoms with Gasteiger partial charge in [0.05, 0.1) is 31.3 Å². The third-order valence-corrected chi connectivity index (χ3v) is 5.83. The van der Waals surface area contributed by atoms with Crippen LogP contribution in [0.2, 0.25) is 0 Å². The van der Waals surface area contributed by atoms with Crippen molar-refractivity contribution in [3.05, 3.63) is 42.9 Å². The van der Waals surface area contributed by atoms with Crippen LogP contribution in [0.25, 0.3) is 0 Å². The Morgan fingerprint density at radius 2 is 2.31 bits per heavy atom. The van der Waals surface area contributed by atoms with Crippen molar-refractivity contribution in [2.24, 2.45) is 10.9 Å². The highest BCUT2D eigenvalue weighted by Crippen LogP contribution is 2.27. The molecule has 8 heteroatoms. The van der Waals surface area contributed by atoms with Gasteiger partial charge in [0.25, 0.3) is 0 Å². The Bertz CT molecular complexity index is 728. The Morgan fingerprint density at radius 1 is 1.38 bits per heavy atom. The average Bonchev–Trinajstić information content (AvgIpc) is 3.49. The van der Waals surface area contributed by atoms with Crippen LogP contribution in [0, 0.1) is 5.92 Å². The highest BCUT2D eigenvalue weighted by Gasteiger charge is 2.29. The molecule has 0 aliphatic carbocycles. The zero-order chi connectivity index (χ0) is 19.2. The van der Waals surface area contributed by atoms with Gasteiger partial charge in [0, 0.05) is 45.1 Å². The van der Waals surface area contributed by atoms with Crippen molar-refractivity contribution < 1.29 is 9.15 Å². The first-order valence-corrected chi connectivity index (χ1v) is 10.4. The van der Waals surface area contributed by atoms with E-state index in [1.54, 1.807) is 6.26 Å². The van der Waals surface area contributed by atoms with Gasteiger partial charge in [0.1, 0.15) is 5.76 Å². The lowest BCUT2D eigenvalue weighted by atomic mass is 9.93. The van der Waals surface area contributed by atoms with E-state index < -0.39 is 0 Å². The molecule has 3 unspecified atom stereocenters. The molecule has 0 bridgehead atoms. The molecule has 4 rings (SSSR count). The molecule has 2 aliphatic rings. The van der Waals surface area contributed by atoms with Gasteiger partial charge in [-0.3, -0.25) is 4.99 Å². The number of aliphatic imine (C=N–C) groups is 1. The van der Waals surface area contributed by atoms with Gasteiger partial charge in [-0.05, 0) is 37.3 Å². The van der Waals surface area contributed by atoms with Crippen LogP contribution in [0.15, 0.2) is 46.5 Å². The molecule has 4 heterocycles. The molecule has 3 atom stereocenters. The molecule has 2 saturated heterocycles. The van der Waals surface area contributed by atoms with Gasteiger partial charge in [0.15, 0.2) is 5.96 Å². The largest absolute Gasteiger partial charge is 0.469 e. The fourth-order valence-corrected chi connectivity index (χ4v) is 4.09. The van der Waals surface area contributed by atoms with Crippen LogP contribution in [0.1, 0.15) is 38.0 Å². The fraction of sp³-hybridized carbons (Fsp3) is 0.619. The van der Waals surface area contributed by atoms with Gasteiger partial charge >= 0.3 is 0 Å². The maximum Gasteiger partial charge on any atom is 0.194 e. The van der Waals surface area contributed by atoms with Gasteiger partial charge in [-0.15, -0.1) is 24.0 Å². The highest BCUT2D eigenvalue weighted by atomic mass is 127. The lowest BCUT2D eigenvalue weighted by Crippen LogP contribution is -2.49. The van der Waals surface area contributed by atoms with E-state index in [9.17, 15) is 0 Å². The van der Waals surface area contributed by atoms with Crippen molar-refractivity contribution in [1.82, 2.24) is 19.8 Å². The molecule has 2 aromatic heterocycles. The van der Waals surface area contributed by atoms with Crippen LogP contribution in [0.5, 0.6) is 0 Å². The fourth-order valence-electron chi connectivity index (χ4n) is 4.09. The van der Waals surface area contributed by atoms with Crippen molar-refractivity contribution >= 4 is 29.9 Å². The number of hydrogen-bond donors (Lipinski definition) is 1. The Balaban J connectivity index is 0.00000240. The summed E-state index contributed by atoms with van der Waals surface area (Å²) in [5.41, 5.74) is 0. The van der Waals surface area contributed by atoms with Crippen molar-refractivity contribution in [2.45, 2.75) is 44.8 Å². The van der Waals surface area contributed by atoms with Gasteiger partial charge < -0.3 is 23.9 Å². The lowest BCUT2D eigenvalue weighted by Gasteiger charge is -2.39. The molecular formula is C21H32IN5O2. The molecular weight excluding hydrogens is 481 g/mol. The molecule has 1 N–H and O–H groups in total. The second-order valence-corrected chi connectivity index (χ2v) is 7.84. The first-order chi connectivity index (χ1) is 13.8. The highest BCUT2D eigenvalue weighted by molar-refractivity contribution is 14.0. The third-order valence-electron chi connectivity index (χ3n) is 5.83. The Hall–Kier alpha value is -1.55. The quantitative estimate of drug-likeness (QED) is 0.365. The number of aromatic nitrogens is 2. The van der Waals surface area contributed by atoms with Crippen molar-refractivity contribution in [2.75, 3.05) is 32.8 Å². The molecule has 7 nitrogen and oxygen atoms in total. The van der Waals surface area contributed by atoms with E-state index in [1.165, 1.54) is 0 Å². The standard InChI is InChI=1S/C21H31N5O2.HI/c1-17-7-10-25(15-20(17)26-11-9-22-16-26)21(24-14-19-5-3-13-28-19)23-8-6-18-4-2-12-27-18;/h2,4,9,11-12,16-17,19-20H,3,5-8,10,13-15H2,1H3,(H,23,24);1H. The number of nitrogens with zero attached hydrogens (tertiary/aromatic N) is 4. The van der Waals surface area contributed by atoms with Crippen LogP contribution in [0.3, 0.4) is 0 Å². The first kappa shape index (κ1) is 22.1. The first-order valence-electron chi connectivity index (χ1n) is 10.4. The smallest absolute Gasteiger partial charge is 0.194 e. The van der Waals surface area contributed by atoms with Gasteiger partial charge in [-0.25, -0.2) is 4.98 Å². The Labute approximate surface area is 189 Å². The maximum absolute atomic E-state index is 5.77. The molecule has 2 aromatic rings. The normalized spacial score (nSPS) is 25.1. The Kier molecular flexibility index (Phi) is 8.40. The molecule has 2 fully saturated rings. The lowest BCUT2D eigenvalue weighted by molar-refractivity contribution is 0.117. The minimum Gasteiger partial charge on any atom is -0.469 e. The number of guanidine groups is 1. The van der Waals surface area contributed by atoms with Crippen molar-refractivity contribution in [3.8, 4) is 0 Å². The molecule has 0 aromatic carbocycles. The summed E-state index contributed by atoms with van der Waals surface area (Å²) >= 11 is 0. The summed E-state index contributed by atoms with van der Waals surface area (Å²) < 4.78 is 13.5. The molecule has 0 radical (unpaired) electrons. The van der Waals surface area contributed by atoms with Gasteiger partial charge in [-0.2, -0.15) is 0 Å². The van der Waals surface area contributed by atoms with E-state index in [-0.39, 0.29) is 30.1 Å². The number of rotatable bonds is 6. The number of halogens is 1. The van der Waals surface area contributed by atoms with E-state index in [4.69, 9.17) is 14.1 Å². The minimum atomic E-state index is 0. The maximum atomic E-state index is 5.77. The van der Waals surface area contributed by atoms with E-state index in [0.29, 0.717) is 12.0 Å². The summed E-state index contributed by atoms with van der Waals surface area (Å²) in [5, 5.41) is 3.57. The average molecular weight is 513 g/mol. The van der Waals surface area contributed by atoms with Gasteiger partial charge in [-0.1, -0.05) is 6.92 Å². The summed E-state index contributed by atoms with van der Waals surface area (Å²) in [4.78, 5) is 11.6. The van der Waals surface area contributed by atoms with Crippen molar-refractivity contribution in [1.29, 1.82) is 0 Å². The SMILES string of the molecule is CC1CCN(C(=NCC2CCCO2)NCCc2ccco2)CC1n1ccnc1.I. The zero-order valence-electron chi connectivity index (χ0n) is 17.1. The molecule has 0 spiro atoms. The number of imidazole rings is 1. The number of hydrogen-bond acceptors (Lipinski definition) is 4. The summed E-state index contributed by atoms with van der Waals surface area (Å²) in [6.07, 6.45) is 12.1. The second-order valence-electron chi connectivity index (χ2n) is 7.84. The number of ether oxygens (including phenoxy) is 1. The van der Waals surface area contributed by atoms with E-state index >= 15 is 0 Å². The minimum absolute atomic E-state index is 0. The summed E-state index contributed by atoms with van der Waals surface area (Å²) in [6.45, 7) is 6.69. The van der Waals surface area contributed by atoms with Crippen LogP contribution < -0.4 is 5.32 Å². The molecule has 29 heavy (non-hydrogen) atoms. The molecule has 160 valence electrons. The summed E-state index contributed by atoms with van der Waals surface area (Å²) in [5.74, 6) is 2.60. The zero-order valence-corrected chi connectivity index (χ0v) is 19.4. The monoisotopic (exact) mass is 513 g/mol. The second kappa shape index (κ2) is 11.0. The van der Waals surface area contributed by atoms with Crippen LogP contribution in [-0.2, 0) is 11.2 Å². The number of nitrogens with one attached hydrogen (secondary N) is 1. The van der Waals surface area contributed by atoms with Crippen LogP contribution >= 0.6 is 24.0 Å². The van der Waals surface area contributed by atoms with Crippen molar-refractivity contribution in [3.63, 3.8) is 0 Å². The molecule has 0 saturated carbocycles. The Morgan fingerprint density at radius 3 is 3.03 bits per heavy atom. The number of furan rings is 1. The van der Waals surface area contributed by atoms with Gasteiger partial charge in [0.2, 0.25) is 0 Å². The van der Waals surface area contributed by atoms with Crippen LogP contribution in [0.4, 0.5) is 0 Å². The molecule has 0 amide bonds. The topological polar surface area (TPSA) is 67.8 Å².